The predicted octanol–water partition coefficient (Wildman–Crippen LogP) is 8.33. The lowest BCUT2D eigenvalue weighted by Gasteiger charge is -2.37. The minimum absolute atomic E-state index is 0.444. The number of thiocarbonyl (C=S) groups is 1. The van der Waals surface area contributed by atoms with E-state index < -0.39 is 17.2 Å². The molecular formula is C38H43F3N4OS2. The normalized spacial score (nSPS) is 16.9. The molecule has 0 amide bonds. The van der Waals surface area contributed by atoms with Crippen molar-refractivity contribution in [3.8, 4) is 0 Å². The highest BCUT2D eigenvalue weighted by molar-refractivity contribution is 7.99. The van der Waals surface area contributed by atoms with Crippen molar-refractivity contribution in [3.05, 3.63) is 96.1 Å². The summed E-state index contributed by atoms with van der Waals surface area (Å²) in [5.74, 6) is 0. The first-order chi connectivity index (χ1) is 23.0. The highest BCUT2D eigenvalue weighted by atomic mass is 32.2. The number of rotatable bonds is 11. The maximum absolute atomic E-state index is 13.6. The van der Waals surface area contributed by atoms with Crippen LogP contribution in [0.5, 0.6) is 0 Å². The summed E-state index contributed by atoms with van der Waals surface area (Å²) in [6.07, 6.45) is -3.52. The van der Waals surface area contributed by atoms with E-state index in [-0.39, 0.29) is 0 Å². The topological polar surface area (TPSA) is 22.2 Å². The minimum atomic E-state index is -4.37. The van der Waals surface area contributed by atoms with Crippen molar-refractivity contribution in [2.45, 2.75) is 34.7 Å². The number of benzene rings is 4. The smallest absolute Gasteiger partial charge is 0.416 e. The molecule has 0 aromatic heterocycles. The summed E-state index contributed by atoms with van der Waals surface area (Å²) in [6.45, 7) is 9.59. The Hall–Kier alpha value is -3.15. The third-order valence-electron chi connectivity index (χ3n) is 9.38. The highest BCUT2D eigenvalue weighted by Gasteiger charge is 2.36. The lowest BCUT2D eigenvalue weighted by molar-refractivity contribution is -0.137. The molecule has 0 N–H and O–H groups in total. The SMILES string of the molecule is CN(C)CC(C)(C(=S)OCCN1CCN(CCCN2c3ccccc3Sc3ccc(C(F)(F)F)cc32)CC1)c1cccc2ccccc12. The number of alkyl halides is 3. The van der Waals surface area contributed by atoms with Gasteiger partial charge in [-0.15, -0.1) is 0 Å². The number of ether oxygens (including phenoxy) is 1. The monoisotopic (exact) mass is 692 g/mol. The van der Waals surface area contributed by atoms with Crippen molar-refractivity contribution in [3.63, 3.8) is 0 Å². The zero-order valence-corrected chi connectivity index (χ0v) is 29.4. The van der Waals surface area contributed by atoms with Crippen molar-refractivity contribution in [1.29, 1.82) is 0 Å². The van der Waals surface area contributed by atoms with Crippen LogP contribution in [0.15, 0.2) is 94.7 Å². The van der Waals surface area contributed by atoms with Crippen LogP contribution in [0.4, 0.5) is 24.5 Å². The molecular weight excluding hydrogens is 650 g/mol. The molecule has 0 saturated carbocycles. The Balaban J connectivity index is 1.01. The maximum atomic E-state index is 13.6. The molecule has 4 aromatic rings. The first kappa shape index (κ1) is 34.7. The minimum Gasteiger partial charge on any atom is -0.485 e. The zero-order chi connectivity index (χ0) is 33.9. The quantitative estimate of drug-likeness (QED) is 0.146. The Morgan fingerprint density at radius 3 is 2.23 bits per heavy atom. The van der Waals surface area contributed by atoms with E-state index in [2.05, 4.69) is 83.1 Å². The van der Waals surface area contributed by atoms with Crippen molar-refractivity contribution >= 4 is 51.2 Å². The first-order valence-corrected chi connectivity index (χ1v) is 17.8. The number of nitrogens with zero attached hydrogens (tertiary/aromatic N) is 4. The van der Waals surface area contributed by atoms with E-state index in [9.17, 15) is 13.2 Å². The average Bonchev–Trinajstić information content (AvgIpc) is 3.07. The van der Waals surface area contributed by atoms with Crippen molar-refractivity contribution in [2.75, 3.05) is 78.0 Å². The molecule has 0 aliphatic carbocycles. The van der Waals surface area contributed by atoms with Gasteiger partial charge in [-0.1, -0.05) is 66.4 Å². The van der Waals surface area contributed by atoms with Gasteiger partial charge in [0, 0.05) is 55.6 Å². The van der Waals surface area contributed by atoms with Crippen LogP contribution >= 0.6 is 24.0 Å². The van der Waals surface area contributed by atoms with Crippen molar-refractivity contribution in [2.24, 2.45) is 0 Å². The van der Waals surface area contributed by atoms with Gasteiger partial charge in [0.15, 0.2) is 5.05 Å². The molecule has 1 saturated heterocycles. The van der Waals surface area contributed by atoms with Gasteiger partial charge in [-0.2, -0.15) is 13.2 Å². The molecule has 5 nitrogen and oxygen atoms in total. The molecule has 1 fully saturated rings. The fourth-order valence-corrected chi connectivity index (χ4v) is 8.29. The molecule has 0 bridgehead atoms. The van der Waals surface area contributed by atoms with Gasteiger partial charge in [0.25, 0.3) is 0 Å². The fourth-order valence-electron chi connectivity index (χ4n) is 6.96. The molecule has 4 aromatic carbocycles. The number of hydrogen-bond donors (Lipinski definition) is 0. The number of fused-ring (bicyclic) bond motifs is 3. The summed E-state index contributed by atoms with van der Waals surface area (Å²) in [6, 6.07) is 26.9. The lowest BCUT2D eigenvalue weighted by Crippen LogP contribution is -2.48. The summed E-state index contributed by atoms with van der Waals surface area (Å²) in [4.78, 5) is 11.0. The number of piperazine rings is 1. The van der Waals surface area contributed by atoms with Gasteiger partial charge in [-0.05, 0) is 92.9 Å². The van der Waals surface area contributed by atoms with Crippen LogP contribution in [-0.2, 0) is 16.3 Å². The van der Waals surface area contributed by atoms with Crippen molar-refractivity contribution < 1.29 is 17.9 Å². The highest BCUT2D eigenvalue weighted by Crippen LogP contribution is 2.49. The van der Waals surface area contributed by atoms with Gasteiger partial charge in [0.1, 0.15) is 6.61 Å². The molecule has 2 aliphatic rings. The first-order valence-electron chi connectivity index (χ1n) is 16.5. The molecule has 254 valence electrons. The molecule has 0 radical (unpaired) electrons. The van der Waals surface area contributed by atoms with Gasteiger partial charge in [0.2, 0.25) is 0 Å². The maximum Gasteiger partial charge on any atom is 0.416 e. The van der Waals surface area contributed by atoms with E-state index in [1.165, 1.54) is 40.2 Å². The largest absolute Gasteiger partial charge is 0.485 e. The van der Waals surface area contributed by atoms with Gasteiger partial charge in [0.05, 0.1) is 22.4 Å². The molecule has 2 aliphatic heterocycles. The Labute approximate surface area is 291 Å². The van der Waals surface area contributed by atoms with E-state index >= 15 is 0 Å². The summed E-state index contributed by atoms with van der Waals surface area (Å²) < 4.78 is 47.1. The second kappa shape index (κ2) is 14.8. The molecule has 6 rings (SSSR count). The van der Waals surface area contributed by atoms with Crippen LogP contribution in [-0.4, -0.2) is 92.8 Å². The van der Waals surface area contributed by atoms with E-state index in [1.807, 2.05) is 24.3 Å². The van der Waals surface area contributed by atoms with Crippen molar-refractivity contribution in [1.82, 2.24) is 14.7 Å². The number of hydrogen-bond acceptors (Lipinski definition) is 7. The second-order valence-electron chi connectivity index (χ2n) is 13.2. The number of likely N-dealkylation sites (N-methyl/N-ethyl adjacent to an activating group) is 1. The molecule has 10 heteroatoms. The molecule has 0 spiro atoms. The summed E-state index contributed by atoms with van der Waals surface area (Å²) >= 11 is 7.51. The van der Waals surface area contributed by atoms with Crippen LogP contribution < -0.4 is 4.90 Å². The molecule has 48 heavy (non-hydrogen) atoms. The summed E-state index contributed by atoms with van der Waals surface area (Å²) in [5.41, 5.74) is 1.74. The van der Waals surface area contributed by atoms with Crippen LogP contribution in [0.25, 0.3) is 10.8 Å². The Morgan fingerprint density at radius 2 is 1.48 bits per heavy atom. The van der Waals surface area contributed by atoms with E-state index in [1.54, 1.807) is 6.07 Å². The van der Waals surface area contributed by atoms with Crippen LogP contribution in [0.1, 0.15) is 24.5 Å². The Kier molecular flexibility index (Phi) is 10.7. The summed E-state index contributed by atoms with van der Waals surface area (Å²) in [5, 5.41) is 3.01. The zero-order valence-electron chi connectivity index (χ0n) is 27.8. The summed E-state index contributed by atoms with van der Waals surface area (Å²) in [7, 11) is 4.14. The van der Waals surface area contributed by atoms with E-state index in [0.717, 1.165) is 67.7 Å². The van der Waals surface area contributed by atoms with Crippen LogP contribution in [0, 0.1) is 0 Å². The third kappa shape index (κ3) is 7.68. The predicted molar refractivity (Wildman–Crippen MR) is 195 cm³/mol. The Morgan fingerprint density at radius 1 is 0.812 bits per heavy atom. The number of para-hydroxylation sites is 1. The second-order valence-corrected chi connectivity index (χ2v) is 14.6. The fraction of sp³-hybridized carbons (Fsp3) is 0.395. The Bertz CT molecular complexity index is 1740. The van der Waals surface area contributed by atoms with Gasteiger partial charge in [-0.3, -0.25) is 4.90 Å². The van der Waals surface area contributed by atoms with E-state index in [4.69, 9.17) is 17.0 Å². The van der Waals surface area contributed by atoms with Gasteiger partial charge < -0.3 is 19.4 Å². The number of anilines is 2. The van der Waals surface area contributed by atoms with Gasteiger partial charge in [-0.25, -0.2) is 0 Å². The molecule has 1 unspecified atom stereocenters. The lowest BCUT2D eigenvalue weighted by atomic mass is 9.80. The molecule has 1 atom stereocenters. The van der Waals surface area contributed by atoms with Gasteiger partial charge >= 0.3 is 6.18 Å². The van der Waals surface area contributed by atoms with Crippen LogP contribution in [0.2, 0.25) is 0 Å². The standard InChI is InChI=1S/C38H43F3N4OS2/c1-37(27-42(2)3,31-13-8-11-28-10-4-5-12-30(28)31)36(47)46-25-24-44-22-20-43(21-23-44)18-9-19-45-32-14-6-7-15-34(32)48-35-17-16-29(26-33(35)45)38(39,40)41/h4-8,10-17,26H,9,18-25,27H2,1-3H3. The average molecular weight is 693 g/mol. The molecule has 2 heterocycles. The van der Waals surface area contributed by atoms with E-state index in [0.29, 0.717) is 23.9 Å². The van der Waals surface area contributed by atoms with Crippen LogP contribution in [0.3, 0.4) is 0 Å². The number of halogens is 3. The third-order valence-corrected chi connectivity index (χ3v) is 11.1.